The number of hydrogen-bond donors (Lipinski definition) is 2. The van der Waals surface area contributed by atoms with E-state index in [1.54, 1.807) is 18.2 Å². The molecule has 0 aromatic heterocycles. The van der Waals surface area contributed by atoms with Crippen molar-refractivity contribution in [1.29, 1.82) is 0 Å². The van der Waals surface area contributed by atoms with Gasteiger partial charge in [0.2, 0.25) is 15.9 Å². The Morgan fingerprint density at radius 2 is 1.72 bits per heavy atom. The monoisotopic (exact) mass is 358 g/mol. The van der Waals surface area contributed by atoms with Crippen LogP contribution in [0.15, 0.2) is 65.6 Å². The molecule has 0 radical (unpaired) electrons. The van der Waals surface area contributed by atoms with Crippen LogP contribution in [0, 0.1) is 0 Å². The summed E-state index contributed by atoms with van der Waals surface area (Å²) < 4.78 is 27.0. The number of benzene rings is 2. The van der Waals surface area contributed by atoms with E-state index in [-0.39, 0.29) is 16.8 Å². The molecule has 2 N–H and O–H groups in total. The number of carbonyl (C=O) groups excluding carboxylic acids is 1. The Morgan fingerprint density at radius 3 is 2.32 bits per heavy atom. The minimum Gasteiger partial charge on any atom is -0.323 e. The summed E-state index contributed by atoms with van der Waals surface area (Å²) in [5.41, 5.74) is 1.46. The van der Waals surface area contributed by atoms with Gasteiger partial charge in [0.15, 0.2) is 0 Å². The molecule has 0 aliphatic heterocycles. The molecule has 0 unspecified atom stereocenters. The quantitative estimate of drug-likeness (QED) is 0.745. The lowest BCUT2D eigenvalue weighted by atomic mass is 10.2. The molecular weight excluding hydrogens is 336 g/mol. The van der Waals surface area contributed by atoms with Crippen molar-refractivity contribution in [3.8, 4) is 0 Å². The highest BCUT2D eigenvalue weighted by molar-refractivity contribution is 7.89. The fourth-order valence-corrected chi connectivity index (χ4v) is 3.38. The van der Waals surface area contributed by atoms with Crippen LogP contribution >= 0.6 is 0 Å². The Kier molecular flexibility index (Phi) is 6.50. The van der Waals surface area contributed by atoms with Gasteiger partial charge in [-0.15, -0.1) is 0 Å². The number of nitrogens with one attached hydrogen (secondary N) is 2. The minimum absolute atomic E-state index is 0.132. The van der Waals surface area contributed by atoms with Crippen LogP contribution in [-0.4, -0.2) is 20.4 Å². The highest BCUT2D eigenvalue weighted by Crippen LogP contribution is 2.15. The lowest BCUT2D eigenvalue weighted by molar-refractivity contribution is -0.111. The second-order valence-corrected chi connectivity index (χ2v) is 7.40. The lowest BCUT2D eigenvalue weighted by Gasteiger charge is -2.12. The first-order valence-corrected chi connectivity index (χ1v) is 9.55. The SMILES string of the molecule is CC[C@H](C)NS(=O)(=O)c1ccc(NC(=O)/C=C/c2ccccc2)cc1. The van der Waals surface area contributed by atoms with Gasteiger partial charge in [-0.05, 0) is 49.2 Å². The van der Waals surface area contributed by atoms with E-state index in [0.29, 0.717) is 12.1 Å². The molecule has 5 nitrogen and oxygen atoms in total. The highest BCUT2D eigenvalue weighted by Gasteiger charge is 2.16. The normalized spacial score (nSPS) is 12.9. The van der Waals surface area contributed by atoms with E-state index in [0.717, 1.165) is 5.56 Å². The largest absolute Gasteiger partial charge is 0.323 e. The molecule has 2 rings (SSSR count). The van der Waals surface area contributed by atoms with Gasteiger partial charge in [0.1, 0.15) is 0 Å². The van der Waals surface area contributed by atoms with Crippen molar-refractivity contribution < 1.29 is 13.2 Å². The van der Waals surface area contributed by atoms with Gasteiger partial charge in [-0.3, -0.25) is 4.79 Å². The summed E-state index contributed by atoms with van der Waals surface area (Å²) >= 11 is 0. The molecule has 2 aromatic rings. The number of anilines is 1. The number of rotatable bonds is 7. The molecule has 0 bridgehead atoms. The summed E-state index contributed by atoms with van der Waals surface area (Å²) in [6.07, 6.45) is 3.86. The summed E-state index contributed by atoms with van der Waals surface area (Å²) in [5, 5.41) is 2.70. The maximum Gasteiger partial charge on any atom is 0.248 e. The zero-order chi connectivity index (χ0) is 18.3. The average Bonchev–Trinajstić information content (AvgIpc) is 2.61. The van der Waals surface area contributed by atoms with E-state index in [1.807, 2.05) is 44.2 Å². The number of sulfonamides is 1. The van der Waals surface area contributed by atoms with Gasteiger partial charge in [0.25, 0.3) is 0 Å². The Balaban J connectivity index is 2.00. The number of hydrogen-bond acceptors (Lipinski definition) is 3. The highest BCUT2D eigenvalue weighted by atomic mass is 32.2. The first-order chi connectivity index (χ1) is 11.9. The minimum atomic E-state index is -3.54. The first-order valence-electron chi connectivity index (χ1n) is 8.07. The average molecular weight is 358 g/mol. The first kappa shape index (κ1) is 18.9. The predicted molar refractivity (Wildman–Crippen MR) is 101 cm³/mol. The van der Waals surface area contributed by atoms with Crippen molar-refractivity contribution in [3.05, 3.63) is 66.2 Å². The molecule has 25 heavy (non-hydrogen) atoms. The van der Waals surface area contributed by atoms with E-state index < -0.39 is 10.0 Å². The van der Waals surface area contributed by atoms with E-state index >= 15 is 0 Å². The summed E-state index contributed by atoms with van der Waals surface area (Å²) in [6, 6.07) is 15.4. The van der Waals surface area contributed by atoms with Gasteiger partial charge in [-0.1, -0.05) is 37.3 Å². The fraction of sp³-hybridized carbons (Fsp3) is 0.211. The van der Waals surface area contributed by atoms with Crippen LogP contribution in [0.3, 0.4) is 0 Å². The third-order valence-electron chi connectivity index (χ3n) is 3.63. The summed E-state index contributed by atoms with van der Waals surface area (Å²) in [4.78, 5) is 12.1. The van der Waals surface area contributed by atoms with Crippen molar-refractivity contribution in [2.45, 2.75) is 31.2 Å². The third-order valence-corrected chi connectivity index (χ3v) is 5.23. The molecule has 0 fully saturated rings. The van der Waals surface area contributed by atoms with Crippen molar-refractivity contribution in [2.24, 2.45) is 0 Å². The summed E-state index contributed by atoms with van der Waals surface area (Å²) in [5.74, 6) is -0.280. The van der Waals surface area contributed by atoms with Crippen molar-refractivity contribution in [2.75, 3.05) is 5.32 Å². The summed E-state index contributed by atoms with van der Waals surface area (Å²) in [7, 11) is -3.54. The fourth-order valence-electron chi connectivity index (χ4n) is 2.05. The van der Waals surface area contributed by atoms with Crippen LogP contribution < -0.4 is 10.0 Å². The van der Waals surface area contributed by atoms with Gasteiger partial charge in [0.05, 0.1) is 4.90 Å². The van der Waals surface area contributed by atoms with Gasteiger partial charge in [0, 0.05) is 17.8 Å². The molecule has 2 aromatic carbocycles. The van der Waals surface area contributed by atoms with Crippen LogP contribution in [0.25, 0.3) is 6.08 Å². The molecule has 132 valence electrons. The number of amides is 1. The Bertz CT molecular complexity index is 829. The van der Waals surface area contributed by atoms with E-state index in [4.69, 9.17) is 0 Å². The molecule has 0 aliphatic carbocycles. The smallest absolute Gasteiger partial charge is 0.248 e. The maximum atomic E-state index is 12.2. The zero-order valence-electron chi connectivity index (χ0n) is 14.3. The molecule has 0 aliphatic rings. The van der Waals surface area contributed by atoms with Crippen molar-refractivity contribution >= 4 is 27.7 Å². The van der Waals surface area contributed by atoms with Gasteiger partial charge in [-0.2, -0.15) is 0 Å². The van der Waals surface area contributed by atoms with Crippen molar-refractivity contribution in [3.63, 3.8) is 0 Å². The second kappa shape index (κ2) is 8.60. The van der Waals surface area contributed by atoms with E-state index in [9.17, 15) is 13.2 Å². The Hall–Kier alpha value is -2.44. The molecule has 1 atom stereocenters. The zero-order valence-corrected chi connectivity index (χ0v) is 15.1. The topological polar surface area (TPSA) is 75.3 Å². The molecule has 6 heteroatoms. The van der Waals surface area contributed by atoms with E-state index in [1.165, 1.54) is 18.2 Å². The van der Waals surface area contributed by atoms with E-state index in [2.05, 4.69) is 10.0 Å². The Morgan fingerprint density at radius 1 is 1.08 bits per heavy atom. The molecular formula is C19H22N2O3S. The second-order valence-electron chi connectivity index (χ2n) is 5.69. The van der Waals surface area contributed by atoms with Crippen LogP contribution in [0.4, 0.5) is 5.69 Å². The number of carbonyl (C=O) groups is 1. The Labute approximate surface area is 148 Å². The predicted octanol–water partition coefficient (Wildman–Crippen LogP) is 3.42. The molecule has 0 spiro atoms. The van der Waals surface area contributed by atoms with Crippen LogP contribution in [-0.2, 0) is 14.8 Å². The van der Waals surface area contributed by atoms with Crippen molar-refractivity contribution in [1.82, 2.24) is 4.72 Å². The van der Waals surface area contributed by atoms with Crippen LogP contribution in [0.1, 0.15) is 25.8 Å². The van der Waals surface area contributed by atoms with Gasteiger partial charge < -0.3 is 5.32 Å². The molecule has 0 saturated carbocycles. The van der Waals surface area contributed by atoms with Gasteiger partial charge >= 0.3 is 0 Å². The van der Waals surface area contributed by atoms with Gasteiger partial charge in [-0.25, -0.2) is 13.1 Å². The molecule has 0 heterocycles. The standard InChI is InChI=1S/C19H22N2O3S/c1-3-15(2)21-25(23,24)18-12-10-17(11-13-18)20-19(22)14-9-16-7-5-4-6-8-16/h4-15,21H,3H2,1-2H3,(H,20,22)/b14-9+/t15-/m0/s1. The van der Waals surface area contributed by atoms with Crippen LogP contribution in [0.2, 0.25) is 0 Å². The maximum absolute atomic E-state index is 12.2. The summed E-state index contributed by atoms with van der Waals surface area (Å²) in [6.45, 7) is 3.72. The molecule has 0 saturated heterocycles. The lowest BCUT2D eigenvalue weighted by Crippen LogP contribution is -2.31. The molecule has 1 amide bonds. The third kappa shape index (κ3) is 5.85. The van der Waals surface area contributed by atoms with Crippen LogP contribution in [0.5, 0.6) is 0 Å².